The van der Waals surface area contributed by atoms with Gasteiger partial charge < -0.3 is 15.3 Å². The minimum atomic E-state index is -1.28. The Bertz CT molecular complexity index is 910. The summed E-state index contributed by atoms with van der Waals surface area (Å²) in [4.78, 5) is 36.8. The first-order valence-electron chi connectivity index (χ1n) is 7.42. The first-order chi connectivity index (χ1) is 11.4. The fourth-order valence-electron chi connectivity index (χ4n) is 3.05. The monoisotopic (exact) mass is 326 g/mol. The van der Waals surface area contributed by atoms with Gasteiger partial charge in [0.05, 0.1) is 16.7 Å². The highest BCUT2D eigenvalue weighted by atomic mass is 16.4. The topological polar surface area (TPSA) is 112 Å². The zero-order valence-electron chi connectivity index (χ0n) is 12.8. The molecule has 0 heterocycles. The van der Waals surface area contributed by atoms with Crippen LogP contribution in [0.3, 0.4) is 0 Å². The molecule has 0 bridgehead atoms. The predicted molar refractivity (Wildman–Crippen MR) is 84.0 cm³/mol. The van der Waals surface area contributed by atoms with Crippen LogP contribution in [-0.4, -0.2) is 32.9 Å². The van der Waals surface area contributed by atoms with Gasteiger partial charge in [0.15, 0.2) is 5.78 Å². The molecule has 0 atom stereocenters. The van der Waals surface area contributed by atoms with Crippen LogP contribution in [0.15, 0.2) is 24.3 Å². The highest BCUT2D eigenvalue weighted by Gasteiger charge is 2.36. The molecule has 0 radical (unpaired) electrons. The van der Waals surface area contributed by atoms with Gasteiger partial charge in [-0.1, -0.05) is 25.5 Å². The van der Waals surface area contributed by atoms with Crippen LogP contribution in [0.2, 0.25) is 0 Å². The summed E-state index contributed by atoms with van der Waals surface area (Å²) in [7, 11) is 0. The van der Waals surface area contributed by atoms with E-state index in [2.05, 4.69) is 0 Å². The zero-order chi connectivity index (χ0) is 17.6. The molecule has 0 amide bonds. The van der Waals surface area contributed by atoms with Crippen molar-refractivity contribution in [2.45, 2.75) is 19.8 Å². The fraction of sp³-hybridized carbons (Fsp3) is 0.167. The minimum Gasteiger partial charge on any atom is -0.507 e. The number of carbonyl (C=O) groups excluding carboxylic acids is 2. The van der Waals surface area contributed by atoms with E-state index in [1.165, 1.54) is 18.2 Å². The summed E-state index contributed by atoms with van der Waals surface area (Å²) in [6, 6.07) is 5.23. The second-order valence-corrected chi connectivity index (χ2v) is 5.59. The normalized spacial score (nSPS) is 12.7. The molecule has 6 nitrogen and oxygen atoms in total. The summed E-state index contributed by atoms with van der Waals surface area (Å²) in [5, 5.41) is 29.8. The second-order valence-electron chi connectivity index (χ2n) is 5.59. The SMILES string of the molecule is CCCc1c(C(=O)O)cc2c(c1O)C(=O)c1c(O)cccc1C2=O. The van der Waals surface area contributed by atoms with Crippen molar-refractivity contribution in [3.63, 3.8) is 0 Å². The van der Waals surface area contributed by atoms with E-state index in [4.69, 9.17) is 0 Å². The van der Waals surface area contributed by atoms with Crippen molar-refractivity contribution in [2.75, 3.05) is 0 Å². The third-order valence-corrected chi connectivity index (χ3v) is 4.12. The number of benzene rings is 2. The van der Waals surface area contributed by atoms with Gasteiger partial charge in [-0.05, 0) is 18.6 Å². The van der Waals surface area contributed by atoms with Gasteiger partial charge in [0.2, 0.25) is 5.78 Å². The summed E-state index contributed by atoms with van der Waals surface area (Å²) in [6.07, 6.45) is 0.798. The van der Waals surface area contributed by atoms with Crippen molar-refractivity contribution in [2.24, 2.45) is 0 Å². The van der Waals surface area contributed by atoms with E-state index in [0.29, 0.717) is 6.42 Å². The first-order valence-corrected chi connectivity index (χ1v) is 7.42. The molecule has 0 spiro atoms. The van der Waals surface area contributed by atoms with Gasteiger partial charge in [-0.2, -0.15) is 0 Å². The predicted octanol–water partition coefficient (Wildman–Crippen LogP) is 2.52. The highest BCUT2D eigenvalue weighted by molar-refractivity contribution is 6.30. The molecule has 2 aromatic carbocycles. The van der Waals surface area contributed by atoms with Crippen LogP contribution >= 0.6 is 0 Å². The third-order valence-electron chi connectivity index (χ3n) is 4.12. The molecule has 3 rings (SSSR count). The van der Waals surface area contributed by atoms with Gasteiger partial charge in [-0.25, -0.2) is 4.79 Å². The van der Waals surface area contributed by atoms with Crippen LogP contribution in [0, 0.1) is 0 Å². The van der Waals surface area contributed by atoms with E-state index in [9.17, 15) is 29.7 Å². The van der Waals surface area contributed by atoms with Gasteiger partial charge in [-0.3, -0.25) is 9.59 Å². The van der Waals surface area contributed by atoms with Crippen LogP contribution < -0.4 is 0 Å². The molecule has 1 aliphatic rings. The van der Waals surface area contributed by atoms with Crippen LogP contribution in [0.4, 0.5) is 0 Å². The molecular formula is C18H14O6. The van der Waals surface area contributed by atoms with E-state index < -0.39 is 23.3 Å². The van der Waals surface area contributed by atoms with Crippen molar-refractivity contribution >= 4 is 17.5 Å². The largest absolute Gasteiger partial charge is 0.507 e. The number of aromatic hydroxyl groups is 2. The quantitative estimate of drug-likeness (QED) is 0.682. The molecule has 1 aliphatic carbocycles. The minimum absolute atomic E-state index is 0.00789. The fourth-order valence-corrected chi connectivity index (χ4v) is 3.05. The number of carboxylic acids is 1. The van der Waals surface area contributed by atoms with E-state index in [1.54, 1.807) is 6.92 Å². The molecule has 0 fully saturated rings. The number of rotatable bonds is 3. The van der Waals surface area contributed by atoms with Gasteiger partial charge in [0.1, 0.15) is 11.5 Å². The number of hydrogen-bond donors (Lipinski definition) is 3. The number of aromatic carboxylic acids is 1. The highest BCUT2D eigenvalue weighted by Crippen LogP contribution is 2.39. The molecule has 3 N–H and O–H groups in total. The summed E-state index contributed by atoms with van der Waals surface area (Å²) in [5.74, 6) is -3.42. The Kier molecular flexibility index (Phi) is 3.60. The maximum Gasteiger partial charge on any atom is 0.336 e. The summed E-state index contributed by atoms with van der Waals surface area (Å²) in [6.45, 7) is 1.80. The molecule has 0 aliphatic heterocycles. The van der Waals surface area contributed by atoms with Crippen molar-refractivity contribution in [1.29, 1.82) is 0 Å². The number of fused-ring (bicyclic) bond motifs is 2. The molecule has 6 heteroatoms. The van der Waals surface area contributed by atoms with Gasteiger partial charge in [-0.15, -0.1) is 0 Å². The summed E-state index contributed by atoms with van der Waals surface area (Å²) < 4.78 is 0. The standard InChI is InChI=1S/C18H14O6/c1-2-4-8-10(18(23)24)7-11-14(16(8)21)17(22)13-9(15(11)20)5-3-6-12(13)19/h3,5-7,19,21H,2,4H2,1H3,(H,23,24). The van der Waals surface area contributed by atoms with Crippen LogP contribution in [0.1, 0.15) is 61.1 Å². The van der Waals surface area contributed by atoms with Crippen molar-refractivity contribution < 1.29 is 29.7 Å². The molecule has 0 unspecified atom stereocenters. The Morgan fingerprint density at radius 1 is 1.04 bits per heavy atom. The van der Waals surface area contributed by atoms with Gasteiger partial charge in [0.25, 0.3) is 0 Å². The smallest absolute Gasteiger partial charge is 0.336 e. The van der Waals surface area contributed by atoms with E-state index in [0.717, 1.165) is 6.07 Å². The average molecular weight is 326 g/mol. The number of hydrogen-bond acceptors (Lipinski definition) is 5. The molecule has 122 valence electrons. The summed E-state index contributed by atoms with van der Waals surface area (Å²) >= 11 is 0. The number of phenols is 2. The molecule has 0 aromatic heterocycles. The van der Waals surface area contributed by atoms with Crippen molar-refractivity contribution in [1.82, 2.24) is 0 Å². The Morgan fingerprint density at radius 2 is 1.75 bits per heavy atom. The van der Waals surface area contributed by atoms with Crippen LogP contribution in [0.5, 0.6) is 11.5 Å². The molecule has 0 saturated carbocycles. The van der Waals surface area contributed by atoms with Gasteiger partial charge >= 0.3 is 5.97 Å². The van der Waals surface area contributed by atoms with E-state index in [1.807, 2.05) is 0 Å². The second kappa shape index (κ2) is 5.49. The van der Waals surface area contributed by atoms with E-state index in [-0.39, 0.29) is 45.6 Å². The summed E-state index contributed by atoms with van der Waals surface area (Å²) in [5.41, 5.74) is -0.667. The first kappa shape index (κ1) is 15.7. The van der Waals surface area contributed by atoms with Crippen LogP contribution in [0.25, 0.3) is 0 Å². The third kappa shape index (κ3) is 2.07. The van der Waals surface area contributed by atoms with Crippen molar-refractivity contribution in [3.8, 4) is 11.5 Å². The lowest BCUT2D eigenvalue weighted by molar-refractivity contribution is 0.0694. The Labute approximate surface area is 137 Å². The average Bonchev–Trinajstić information content (AvgIpc) is 2.53. The lowest BCUT2D eigenvalue weighted by Crippen LogP contribution is -2.23. The maximum atomic E-state index is 12.7. The zero-order valence-corrected chi connectivity index (χ0v) is 12.8. The Morgan fingerprint density at radius 3 is 2.38 bits per heavy atom. The lowest BCUT2D eigenvalue weighted by Gasteiger charge is -2.21. The molecule has 24 heavy (non-hydrogen) atoms. The molecule has 2 aromatic rings. The Hall–Kier alpha value is -3.15. The van der Waals surface area contributed by atoms with Gasteiger partial charge in [0, 0.05) is 16.7 Å². The van der Waals surface area contributed by atoms with Crippen molar-refractivity contribution in [3.05, 3.63) is 57.6 Å². The molecule has 0 saturated heterocycles. The molecular weight excluding hydrogens is 312 g/mol. The number of carbonyl (C=O) groups is 3. The number of ketones is 2. The lowest BCUT2D eigenvalue weighted by atomic mass is 9.80. The Balaban J connectivity index is 2.37. The van der Waals surface area contributed by atoms with Crippen LogP contribution in [-0.2, 0) is 6.42 Å². The number of phenolic OH excluding ortho intramolecular Hbond substituents is 2. The number of carboxylic acid groups (broad SMARTS) is 1. The van der Waals surface area contributed by atoms with E-state index >= 15 is 0 Å². The maximum absolute atomic E-state index is 12.7.